The van der Waals surface area contributed by atoms with Gasteiger partial charge in [-0.2, -0.15) is 0 Å². The molecule has 0 spiro atoms. The normalized spacial score (nSPS) is 19.8. The maximum Gasteiger partial charge on any atom is 0.332 e. The summed E-state index contributed by atoms with van der Waals surface area (Å²) in [4.78, 5) is 33.3. The molecular weight excluding hydrogens is 332 g/mol. The van der Waals surface area contributed by atoms with Gasteiger partial charge in [0.05, 0.1) is 33.7 Å². The Morgan fingerprint density at radius 3 is 2.83 bits per heavy atom. The third-order valence-electron chi connectivity index (χ3n) is 4.14. The maximum atomic E-state index is 12.4. The average Bonchev–Trinajstić information content (AvgIpc) is 2.91. The SMILES string of the molecule is COC(=O)C=c1sc2n(c1=O)CN(CCCN1CCOCC1)CN=2. The van der Waals surface area contributed by atoms with Gasteiger partial charge in [0, 0.05) is 25.7 Å². The number of esters is 1. The van der Waals surface area contributed by atoms with Gasteiger partial charge in [-0.25, -0.2) is 9.79 Å². The number of fused-ring (bicyclic) bond motifs is 1. The van der Waals surface area contributed by atoms with Crippen molar-refractivity contribution in [3.8, 4) is 0 Å². The molecule has 132 valence electrons. The molecule has 0 N–H and O–H groups in total. The molecule has 24 heavy (non-hydrogen) atoms. The lowest BCUT2D eigenvalue weighted by Gasteiger charge is -2.28. The molecule has 2 aliphatic rings. The van der Waals surface area contributed by atoms with Crippen LogP contribution in [-0.2, 0) is 20.9 Å². The van der Waals surface area contributed by atoms with Gasteiger partial charge in [-0.3, -0.25) is 19.2 Å². The zero-order chi connectivity index (χ0) is 16.9. The number of carbonyl (C=O) groups excluding carboxylic acids is 1. The van der Waals surface area contributed by atoms with Crippen molar-refractivity contribution >= 4 is 23.4 Å². The lowest BCUT2D eigenvalue weighted by Crippen LogP contribution is -2.44. The fourth-order valence-electron chi connectivity index (χ4n) is 2.81. The minimum absolute atomic E-state index is 0.179. The molecule has 0 unspecified atom stereocenters. The molecule has 1 aromatic heterocycles. The standard InChI is InChI=1S/C15H22N4O4S/c1-22-13(20)9-12-14(21)19-11-18(10-16-15(19)24-12)4-2-3-17-5-7-23-8-6-17/h9H,2-8,10-11H2,1H3. The second-order valence-corrected chi connectivity index (χ2v) is 6.80. The summed E-state index contributed by atoms with van der Waals surface area (Å²) >= 11 is 1.23. The van der Waals surface area contributed by atoms with Crippen LogP contribution in [0.2, 0.25) is 0 Å². The van der Waals surface area contributed by atoms with Crippen LogP contribution in [0.4, 0.5) is 0 Å². The molecule has 1 fully saturated rings. The van der Waals surface area contributed by atoms with Gasteiger partial charge >= 0.3 is 5.97 Å². The number of nitrogens with zero attached hydrogens (tertiary/aromatic N) is 4. The fraction of sp³-hybridized carbons (Fsp3) is 0.667. The van der Waals surface area contributed by atoms with E-state index in [1.807, 2.05) is 0 Å². The van der Waals surface area contributed by atoms with E-state index in [4.69, 9.17) is 4.74 Å². The van der Waals surface area contributed by atoms with E-state index in [-0.39, 0.29) is 5.56 Å². The Morgan fingerprint density at radius 1 is 1.33 bits per heavy atom. The van der Waals surface area contributed by atoms with Crippen molar-refractivity contribution in [1.29, 1.82) is 0 Å². The molecule has 1 saturated heterocycles. The van der Waals surface area contributed by atoms with Gasteiger partial charge in [0.2, 0.25) is 0 Å². The van der Waals surface area contributed by atoms with Crippen LogP contribution in [0.15, 0.2) is 9.79 Å². The first-order valence-electron chi connectivity index (χ1n) is 8.03. The molecule has 3 heterocycles. The largest absolute Gasteiger partial charge is 0.466 e. The fourth-order valence-corrected chi connectivity index (χ4v) is 3.73. The third kappa shape index (κ3) is 4.10. The van der Waals surface area contributed by atoms with Crippen LogP contribution >= 0.6 is 11.3 Å². The summed E-state index contributed by atoms with van der Waals surface area (Å²) in [6, 6.07) is 0. The maximum absolute atomic E-state index is 12.4. The van der Waals surface area contributed by atoms with E-state index in [0.717, 1.165) is 45.8 Å². The Kier molecular flexibility index (Phi) is 5.77. The van der Waals surface area contributed by atoms with Crippen LogP contribution in [0.25, 0.3) is 6.08 Å². The van der Waals surface area contributed by atoms with Gasteiger partial charge < -0.3 is 9.47 Å². The first-order chi connectivity index (χ1) is 11.7. The van der Waals surface area contributed by atoms with Crippen molar-refractivity contribution in [3.05, 3.63) is 19.7 Å². The molecule has 0 amide bonds. The first kappa shape index (κ1) is 17.3. The molecule has 0 saturated carbocycles. The summed E-state index contributed by atoms with van der Waals surface area (Å²) in [5, 5.41) is 0. The minimum Gasteiger partial charge on any atom is -0.466 e. The van der Waals surface area contributed by atoms with E-state index < -0.39 is 5.97 Å². The quantitative estimate of drug-likeness (QED) is 0.595. The van der Waals surface area contributed by atoms with E-state index in [1.54, 1.807) is 4.57 Å². The number of hydrogen-bond donors (Lipinski definition) is 0. The van der Waals surface area contributed by atoms with Crippen molar-refractivity contribution in [2.75, 3.05) is 53.2 Å². The number of ether oxygens (including phenoxy) is 2. The number of carbonyl (C=O) groups is 1. The molecule has 0 bridgehead atoms. The Bertz CT molecular complexity index is 751. The summed E-state index contributed by atoms with van der Waals surface area (Å²) in [5.41, 5.74) is -0.179. The highest BCUT2D eigenvalue weighted by Gasteiger charge is 2.16. The van der Waals surface area contributed by atoms with Crippen LogP contribution in [-0.4, -0.2) is 73.5 Å². The van der Waals surface area contributed by atoms with Crippen LogP contribution in [0.5, 0.6) is 0 Å². The monoisotopic (exact) mass is 354 g/mol. The van der Waals surface area contributed by atoms with Gasteiger partial charge in [-0.1, -0.05) is 11.3 Å². The average molecular weight is 354 g/mol. The van der Waals surface area contributed by atoms with Gasteiger partial charge in [-0.15, -0.1) is 0 Å². The Hall–Kier alpha value is -1.55. The molecule has 0 atom stereocenters. The molecule has 0 aliphatic carbocycles. The molecular formula is C15H22N4O4S. The van der Waals surface area contributed by atoms with E-state index >= 15 is 0 Å². The molecule has 2 aliphatic heterocycles. The van der Waals surface area contributed by atoms with Crippen molar-refractivity contribution in [2.24, 2.45) is 4.99 Å². The molecule has 8 nitrogen and oxygen atoms in total. The Balaban J connectivity index is 1.59. The summed E-state index contributed by atoms with van der Waals surface area (Å²) in [7, 11) is 1.30. The summed E-state index contributed by atoms with van der Waals surface area (Å²) in [6.45, 7) is 6.63. The third-order valence-corrected chi connectivity index (χ3v) is 5.18. The van der Waals surface area contributed by atoms with Gasteiger partial charge in [-0.05, 0) is 13.0 Å². The van der Waals surface area contributed by atoms with Crippen LogP contribution in [0, 0.1) is 0 Å². The number of morpholine rings is 1. The second kappa shape index (κ2) is 8.02. The van der Waals surface area contributed by atoms with Crippen molar-refractivity contribution in [2.45, 2.75) is 13.1 Å². The summed E-state index contributed by atoms with van der Waals surface area (Å²) in [5.74, 6) is -0.520. The zero-order valence-electron chi connectivity index (χ0n) is 13.8. The number of rotatable bonds is 5. The lowest BCUT2D eigenvalue weighted by atomic mass is 10.3. The van der Waals surface area contributed by atoms with E-state index in [1.165, 1.54) is 24.5 Å². The highest BCUT2D eigenvalue weighted by Crippen LogP contribution is 2.02. The highest BCUT2D eigenvalue weighted by molar-refractivity contribution is 7.07. The molecule has 3 rings (SSSR count). The molecule has 1 aromatic rings. The van der Waals surface area contributed by atoms with Gasteiger partial charge in [0.15, 0.2) is 4.80 Å². The molecule has 9 heteroatoms. The van der Waals surface area contributed by atoms with Crippen molar-refractivity contribution in [3.63, 3.8) is 0 Å². The molecule has 0 radical (unpaired) electrons. The van der Waals surface area contributed by atoms with E-state index in [2.05, 4.69) is 19.5 Å². The predicted molar refractivity (Wildman–Crippen MR) is 89.3 cm³/mol. The minimum atomic E-state index is -0.520. The molecule has 0 aromatic carbocycles. The summed E-state index contributed by atoms with van der Waals surface area (Å²) in [6.07, 6.45) is 2.27. The number of hydrogen-bond acceptors (Lipinski definition) is 8. The van der Waals surface area contributed by atoms with Crippen LogP contribution in [0.3, 0.4) is 0 Å². The lowest BCUT2D eigenvalue weighted by molar-refractivity contribution is -0.133. The van der Waals surface area contributed by atoms with Crippen LogP contribution in [0.1, 0.15) is 6.42 Å². The summed E-state index contributed by atoms with van der Waals surface area (Å²) < 4.78 is 11.9. The zero-order valence-corrected chi connectivity index (χ0v) is 14.6. The smallest absolute Gasteiger partial charge is 0.332 e. The number of methoxy groups -OCH3 is 1. The second-order valence-electron chi connectivity index (χ2n) is 5.79. The van der Waals surface area contributed by atoms with Crippen molar-refractivity contribution < 1.29 is 14.3 Å². The highest BCUT2D eigenvalue weighted by atomic mass is 32.1. The van der Waals surface area contributed by atoms with Crippen LogP contribution < -0.4 is 14.9 Å². The Labute approximate surface area is 143 Å². The Morgan fingerprint density at radius 2 is 2.08 bits per heavy atom. The van der Waals surface area contributed by atoms with E-state index in [9.17, 15) is 9.59 Å². The topological polar surface area (TPSA) is 76.4 Å². The van der Waals surface area contributed by atoms with Gasteiger partial charge in [0.1, 0.15) is 4.53 Å². The number of thiazole rings is 1. The van der Waals surface area contributed by atoms with Gasteiger partial charge in [0.25, 0.3) is 5.56 Å². The first-order valence-corrected chi connectivity index (χ1v) is 8.85. The van der Waals surface area contributed by atoms with E-state index in [0.29, 0.717) is 22.7 Å². The number of aromatic nitrogens is 1. The van der Waals surface area contributed by atoms with Crippen molar-refractivity contribution in [1.82, 2.24) is 14.4 Å². The predicted octanol–water partition coefficient (Wildman–Crippen LogP) is -1.56.